The summed E-state index contributed by atoms with van der Waals surface area (Å²) in [4.78, 5) is 19.4. The first-order valence-electron chi connectivity index (χ1n) is 9.44. The minimum atomic E-state index is -0.314. The van der Waals surface area contributed by atoms with Crippen LogP contribution in [0.25, 0.3) is 27.5 Å². The van der Waals surface area contributed by atoms with Crippen LogP contribution in [-0.4, -0.2) is 26.9 Å². The molecule has 0 bridgehead atoms. The van der Waals surface area contributed by atoms with E-state index >= 15 is 0 Å². The second kappa shape index (κ2) is 6.84. The Morgan fingerprint density at radius 2 is 2.00 bits per heavy atom. The van der Waals surface area contributed by atoms with Crippen LogP contribution in [0.3, 0.4) is 0 Å². The van der Waals surface area contributed by atoms with Crippen LogP contribution in [0.2, 0.25) is 0 Å². The quantitative estimate of drug-likeness (QED) is 0.452. The number of nitrogens with zero attached hydrogens (tertiary/aromatic N) is 3. The summed E-state index contributed by atoms with van der Waals surface area (Å²) in [5.74, 6) is 0.364. The lowest BCUT2D eigenvalue weighted by atomic mass is 10.1. The van der Waals surface area contributed by atoms with E-state index in [9.17, 15) is 9.18 Å². The number of aryl methyl sites for hydroxylation is 1. The average molecular weight is 404 g/mol. The molecule has 0 fully saturated rings. The number of imidazole rings is 1. The van der Waals surface area contributed by atoms with Crippen LogP contribution >= 0.6 is 0 Å². The van der Waals surface area contributed by atoms with Gasteiger partial charge in [-0.15, -0.1) is 0 Å². The maximum atomic E-state index is 13.1. The summed E-state index contributed by atoms with van der Waals surface area (Å²) >= 11 is 0. The first-order chi connectivity index (χ1) is 14.5. The fraction of sp³-hybridized carbons (Fsp3) is 0.136. The van der Waals surface area contributed by atoms with E-state index in [0.717, 1.165) is 33.2 Å². The van der Waals surface area contributed by atoms with E-state index in [0.29, 0.717) is 11.3 Å². The SMILES string of the molecule is COc1cc2[nH]c3c(=O)n(Cc4ccc(F)cc4)ncc3c2cc1-[n+]1c[nH]c(C)c1. The predicted molar refractivity (Wildman–Crippen MR) is 111 cm³/mol. The molecule has 0 aliphatic carbocycles. The zero-order valence-electron chi connectivity index (χ0n) is 16.4. The molecule has 3 heterocycles. The van der Waals surface area contributed by atoms with Gasteiger partial charge in [0.05, 0.1) is 25.4 Å². The molecule has 0 radical (unpaired) electrons. The van der Waals surface area contributed by atoms with E-state index in [1.807, 2.05) is 36.1 Å². The monoisotopic (exact) mass is 404 g/mol. The molecular weight excluding hydrogens is 385 g/mol. The Kier molecular flexibility index (Phi) is 4.13. The average Bonchev–Trinajstić information content (AvgIpc) is 3.34. The molecule has 0 aliphatic heterocycles. The van der Waals surface area contributed by atoms with Crippen molar-refractivity contribution in [1.82, 2.24) is 19.7 Å². The van der Waals surface area contributed by atoms with Gasteiger partial charge in [-0.25, -0.2) is 14.1 Å². The minimum absolute atomic E-state index is 0.237. The fourth-order valence-corrected chi connectivity index (χ4v) is 3.68. The van der Waals surface area contributed by atoms with Crippen LogP contribution in [0.15, 0.2) is 59.9 Å². The topological polar surface area (TPSA) is 79.6 Å². The van der Waals surface area contributed by atoms with Crippen LogP contribution in [0.5, 0.6) is 5.75 Å². The Balaban J connectivity index is 1.66. The predicted octanol–water partition coefficient (Wildman–Crippen LogP) is 2.99. The van der Waals surface area contributed by atoms with Crippen molar-refractivity contribution < 1.29 is 13.7 Å². The molecule has 0 aliphatic rings. The molecule has 3 aromatic heterocycles. The van der Waals surface area contributed by atoms with Crippen LogP contribution in [-0.2, 0) is 6.54 Å². The number of methoxy groups -OCH3 is 1. The van der Waals surface area contributed by atoms with Crippen molar-refractivity contribution >= 4 is 21.8 Å². The Hall–Kier alpha value is -3.94. The summed E-state index contributed by atoms with van der Waals surface area (Å²) in [6.07, 6.45) is 5.50. The van der Waals surface area contributed by atoms with Crippen LogP contribution in [0.4, 0.5) is 4.39 Å². The van der Waals surface area contributed by atoms with Crippen molar-refractivity contribution in [1.29, 1.82) is 0 Å². The summed E-state index contributed by atoms with van der Waals surface area (Å²) < 4.78 is 22.0. The first kappa shape index (κ1) is 18.1. The number of halogens is 1. The Bertz CT molecular complexity index is 1450. The number of fused-ring (bicyclic) bond motifs is 3. The number of benzene rings is 2. The fourth-order valence-electron chi connectivity index (χ4n) is 3.68. The lowest BCUT2D eigenvalue weighted by Gasteiger charge is -2.05. The van der Waals surface area contributed by atoms with Crippen molar-refractivity contribution in [3.05, 3.63) is 82.5 Å². The Labute approximate surface area is 170 Å². The smallest absolute Gasteiger partial charge is 0.291 e. The normalized spacial score (nSPS) is 11.4. The molecule has 2 N–H and O–H groups in total. The molecule has 0 amide bonds. The van der Waals surface area contributed by atoms with Crippen molar-refractivity contribution in [2.75, 3.05) is 7.11 Å². The maximum Gasteiger partial charge on any atom is 0.291 e. The number of aromatic amines is 2. The van der Waals surface area contributed by atoms with Gasteiger partial charge in [0, 0.05) is 23.8 Å². The Morgan fingerprint density at radius 1 is 1.20 bits per heavy atom. The first-order valence-corrected chi connectivity index (χ1v) is 9.44. The van der Waals surface area contributed by atoms with E-state index in [1.54, 1.807) is 25.4 Å². The number of H-pyrrole nitrogens is 2. The molecule has 0 atom stereocenters. The maximum absolute atomic E-state index is 13.1. The van der Waals surface area contributed by atoms with Gasteiger partial charge in [0.1, 0.15) is 23.2 Å². The third-order valence-corrected chi connectivity index (χ3v) is 5.20. The van der Waals surface area contributed by atoms with E-state index in [2.05, 4.69) is 15.1 Å². The van der Waals surface area contributed by atoms with Crippen molar-refractivity contribution in [3.8, 4) is 11.4 Å². The third-order valence-electron chi connectivity index (χ3n) is 5.20. The number of hydrogen-bond donors (Lipinski definition) is 2. The van der Waals surface area contributed by atoms with Crippen molar-refractivity contribution in [2.45, 2.75) is 13.5 Å². The third kappa shape index (κ3) is 2.93. The molecule has 0 saturated carbocycles. The number of hydrogen-bond acceptors (Lipinski definition) is 3. The molecule has 5 aromatic rings. The standard InChI is InChI=1S/C22H18FN5O2/c1-13-10-27(12-24-13)19-7-16-17-9-25-28(11-14-3-5-15(23)6-4-14)22(29)21(17)26-18(16)8-20(19)30-2/h3-10,12H,11H2,1-2H3,(H,25,26,29)/p+1. The van der Waals surface area contributed by atoms with Crippen LogP contribution in [0, 0.1) is 12.7 Å². The highest BCUT2D eigenvalue weighted by Gasteiger charge is 2.18. The molecule has 0 saturated heterocycles. The van der Waals surface area contributed by atoms with Gasteiger partial charge in [0.15, 0.2) is 11.4 Å². The van der Waals surface area contributed by atoms with Gasteiger partial charge in [-0.3, -0.25) is 4.79 Å². The van der Waals surface area contributed by atoms with Gasteiger partial charge in [-0.05, 0) is 23.8 Å². The van der Waals surface area contributed by atoms with Crippen molar-refractivity contribution in [2.24, 2.45) is 0 Å². The zero-order chi connectivity index (χ0) is 20.8. The van der Waals surface area contributed by atoms with Gasteiger partial charge in [0.2, 0.25) is 6.33 Å². The zero-order valence-corrected chi connectivity index (χ0v) is 16.4. The van der Waals surface area contributed by atoms with Gasteiger partial charge >= 0.3 is 0 Å². The highest BCUT2D eigenvalue weighted by Crippen LogP contribution is 2.30. The highest BCUT2D eigenvalue weighted by molar-refractivity contribution is 6.07. The van der Waals surface area contributed by atoms with E-state index in [4.69, 9.17) is 4.74 Å². The molecule has 0 unspecified atom stereocenters. The number of nitrogens with one attached hydrogen (secondary N) is 2. The second-order valence-corrected chi connectivity index (χ2v) is 7.21. The summed E-state index contributed by atoms with van der Waals surface area (Å²) in [7, 11) is 1.62. The lowest BCUT2D eigenvalue weighted by molar-refractivity contribution is -0.594. The molecular formula is C22H19FN5O2+. The summed E-state index contributed by atoms with van der Waals surface area (Å²) in [6.45, 7) is 2.23. The number of aromatic nitrogens is 5. The van der Waals surface area contributed by atoms with E-state index < -0.39 is 0 Å². The molecule has 30 heavy (non-hydrogen) atoms. The number of ether oxygens (including phenoxy) is 1. The summed E-state index contributed by atoms with van der Waals surface area (Å²) in [6, 6.07) is 9.89. The number of rotatable bonds is 4. The largest absolute Gasteiger partial charge is 0.492 e. The minimum Gasteiger partial charge on any atom is -0.492 e. The molecule has 150 valence electrons. The van der Waals surface area contributed by atoms with E-state index in [-0.39, 0.29) is 17.9 Å². The molecule has 0 spiro atoms. The molecule has 5 rings (SSSR count). The second-order valence-electron chi connectivity index (χ2n) is 7.21. The van der Waals surface area contributed by atoms with Gasteiger partial charge in [-0.2, -0.15) is 9.67 Å². The molecule has 8 heteroatoms. The highest BCUT2D eigenvalue weighted by atomic mass is 19.1. The molecule has 7 nitrogen and oxygen atoms in total. The van der Waals surface area contributed by atoms with E-state index in [1.165, 1.54) is 16.8 Å². The Morgan fingerprint density at radius 3 is 2.70 bits per heavy atom. The summed E-state index contributed by atoms with van der Waals surface area (Å²) in [5, 5.41) is 5.96. The van der Waals surface area contributed by atoms with Gasteiger partial charge in [0.25, 0.3) is 5.56 Å². The van der Waals surface area contributed by atoms with Crippen molar-refractivity contribution in [3.63, 3.8) is 0 Å². The van der Waals surface area contributed by atoms with Gasteiger partial charge < -0.3 is 9.72 Å². The lowest BCUT2D eigenvalue weighted by Crippen LogP contribution is -2.27. The van der Waals surface area contributed by atoms with Crippen LogP contribution in [0.1, 0.15) is 11.3 Å². The summed E-state index contributed by atoms with van der Waals surface area (Å²) in [5.41, 5.74) is 3.68. The van der Waals surface area contributed by atoms with Crippen LogP contribution < -0.4 is 14.9 Å². The molecule has 2 aromatic carbocycles. The van der Waals surface area contributed by atoms with Gasteiger partial charge in [-0.1, -0.05) is 12.1 Å².